The summed E-state index contributed by atoms with van der Waals surface area (Å²) < 4.78 is 37.8. The second-order valence-electron chi connectivity index (χ2n) is 2.80. The highest BCUT2D eigenvalue weighted by atomic mass is 19.2. The van der Waals surface area contributed by atoms with E-state index >= 15 is 0 Å². The molecule has 0 unspecified atom stereocenters. The molecule has 0 fully saturated rings. The topological polar surface area (TPSA) is 54.4 Å². The SMILES string of the molecule is O=C(O)C(=O)/C=C/c1cc(F)c(F)c(F)c1. The molecule has 3 nitrogen and oxygen atoms in total. The van der Waals surface area contributed by atoms with Crippen molar-refractivity contribution in [3.63, 3.8) is 0 Å². The fourth-order valence-electron chi connectivity index (χ4n) is 0.915. The molecule has 0 aliphatic carbocycles. The summed E-state index contributed by atoms with van der Waals surface area (Å²) in [5, 5.41) is 8.20. The number of carboxylic acids is 1. The molecule has 0 aliphatic heterocycles. The lowest BCUT2D eigenvalue weighted by molar-refractivity contribution is -0.146. The average molecular weight is 230 g/mol. The Morgan fingerprint density at radius 1 is 1.12 bits per heavy atom. The Balaban J connectivity index is 2.99. The number of carboxylic acid groups (broad SMARTS) is 1. The predicted molar refractivity (Wildman–Crippen MR) is 48.0 cm³/mol. The van der Waals surface area contributed by atoms with Crippen molar-refractivity contribution in [2.45, 2.75) is 0 Å². The van der Waals surface area contributed by atoms with Crippen LogP contribution in [0, 0.1) is 17.5 Å². The Morgan fingerprint density at radius 2 is 1.62 bits per heavy atom. The van der Waals surface area contributed by atoms with Crippen molar-refractivity contribution >= 4 is 17.8 Å². The van der Waals surface area contributed by atoms with Gasteiger partial charge in [0.1, 0.15) is 0 Å². The largest absolute Gasteiger partial charge is 0.475 e. The van der Waals surface area contributed by atoms with Gasteiger partial charge in [0.25, 0.3) is 5.78 Å². The summed E-state index contributed by atoms with van der Waals surface area (Å²) in [6.07, 6.45) is 1.50. The van der Waals surface area contributed by atoms with E-state index in [4.69, 9.17) is 5.11 Å². The van der Waals surface area contributed by atoms with Crippen LogP contribution >= 0.6 is 0 Å². The van der Waals surface area contributed by atoms with Crippen LogP contribution in [0.5, 0.6) is 0 Å². The summed E-state index contributed by atoms with van der Waals surface area (Å²) in [5.74, 6) is -7.39. The van der Waals surface area contributed by atoms with Gasteiger partial charge in [0.15, 0.2) is 17.5 Å². The zero-order valence-corrected chi connectivity index (χ0v) is 7.71. The summed E-state index contributed by atoms with van der Waals surface area (Å²) >= 11 is 0. The second kappa shape index (κ2) is 4.61. The number of ketones is 1. The van der Waals surface area contributed by atoms with Crippen LogP contribution in [-0.2, 0) is 9.59 Å². The zero-order valence-electron chi connectivity index (χ0n) is 7.71. The van der Waals surface area contributed by atoms with E-state index in [1.807, 2.05) is 0 Å². The molecule has 0 atom stereocenters. The molecule has 1 rings (SSSR count). The van der Waals surface area contributed by atoms with Gasteiger partial charge < -0.3 is 5.11 Å². The minimum Gasteiger partial charge on any atom is -0.475 e. The van der Waals surface area contributed by atoms with E-state index in [2.05, 4.69) is 0 Å². The Hall–Kier alpha value is -2.11. The van der Waals surface area contributed by atoms with E-state index in [0.717, 1.165) is 6.08 Å². The second-order valence-corrected chi connectivity index (χ2v) is 2.80. The molecule has 16 heavy (non-hydrogen) atoms. The molecule has 1 N–H and O–H groups in total. The van der Waals surface area contributed by atoms with Crippen LogP contribution in [0.2, 0.25) is 0 Å². The quantitative estimate of drug-likeness (QED) is 0.489. The van der Waals surface area contributed by atoms with Crippen molar-refractivity contribution in [1.82, 2.24) is 0 Å². The van der Waals surface area contributed by atoms with E-state index in [9.17, 15) is 22.8 Å². The van der Waals surface area contributed by atoms with E-state index < -0.39 is 29.2 Å². The summed E-state index contributed by atoms with van der Waals surface area (Å²) in [4.78, 5) is 20.7. The third kappa shape index (κ3) is 2.69. The van der Waals surface area contributed by atoms with Crippen molar-refractivity contribution in [3.8, 4) is 0 Å². The third-order valence-electron chi connectivity index (χ3n) is 1.64. The Kier molecular flexibility index (Phi) is 3.44. The minimum absolute atomic E-state index is 0.147. The fraction of sp³-hybridized carbons (Fsp3) is 0. The standard InChI is InChI=1S/C10H5F3O3/c11-6-3-5(4-7(12)9(6)13)1-2-8(14)10(15)16/h1-4H,(H,15,16)/b2-1+. The number of halogens is 3. The molecular weight excluding hydrogens is 225 g/mol. The van der Waals surface area contributed by atoms with Crippen LogP contribution in [0.4, 0.5) is 13.2 Å². The van der Waals surface area contributed by atoms with E-state index in [1.165, 1.54) is 0 Å². The fourth-order valence-corrected chi connectivity index (χ4v) is 0.915. The number of carbonyl (C=O) groups is 2. The molecule has 0 saturated heterocycles. The van der Waals surface area contributed by atoms with Crippen LogP contribution in [-0.4, -0.2) is 16.9 Å². The smallest absolute Gasteiger partial charge is 0.376 e. The number of benzene rings is 1. The first-order chi connectivity index (χ1) is 7.41. The minimum atomic E-state index is -1.70. The lowest BCUT2D eigenvalue weighted by atomic mass is 10.2. The molecule has 6 heteroatoms. The van der Waals surface area contributed by atoms with Gasteiger partial charge in [-0.1, -0.05) is 6.08 Å². The Labute approximate surface area is 87.8 Å². The number of hydrogen-bond donors (Lipinski definition) is 1. The van der Waals surface area contributed by atoms with Crippen LogP contribution in [0.15, 0.2) is 18.2 Å². The highest BCUT2D eigenvalue weighted by molar-refractivity contribution is 6.38. The molecule has 0 heterocycles. The van der Waals surface area contributed by atoms with Crippen LogP contribution in [0.3, 0.4) is 0 Å². The first-order valence-corrected chi connectivity index (χ1v) is 4.01. The first-order valence-electron chi connectivity index (χ1n) is 4.01. The molecule has 1 aromatic carbocycles. The van der Waals surface area contributed by atoms with Gasteiger partial charge >= 0.3 is 5.97 Å². The predicted octanol–water partition coefficient (Wildman–Crippen LogP) is 1.77. The molecule has 84 valence electrons. The summed E-state index contributed by atoms with van der Waals surface area (Å²) in [6, 6.07) is 1.29. The van der Waals surface area contributed by atoms with Crippen molar-refractivity contribution in [2.24, 2.45) is 0 Å². The maximum absolute atomic E-state index is 12.7. The number of carbonyl (C=O) groups excluding carboxylic acids is 1. The maximum atomic E-state index is 12.7. The lowest BCUT2D eigenvalue weighted by Crippen LogP contribution is -2.08. The molecule has 1 aromatic rings. The van der Waals surface area contributed by atoms with Gasteiger partial charge in [-0.15, -0.1) is 0 Å². The van der Waals surface area contributed by atoms with Crippen LogP contribution < -0.4 is 0 Å². The Morgan fingerprint density at radius 3 is 2.06 bits per heavy atom. The number of rotatable bonds is 3. The van der Waals surface area contributed by atoms with Gasteiger partial charge in [0.2, 0.25) is 0 Å². The van der Waals surface area contributed by atoms with Crippen molar-refractivity contribution in [2.75, 3.05) is 0 Å². The molecular formula is C10H5F3O3. The Bertz CT molecular complexity index is 457. The third-order valence-corrected chi connectivity index (χ3v) is 1.64. The van der Waals surface area contributed by atoms with Gasteiger partial charge in [0, 0.05) is 0 Å². The lowest BCUT2D eigenvalue weighted by Gasteiger charge is -1.97. The van der Waals surface area contributed by atoms with E-state index in [1.54, 1.807) is 0 Å². The normalized spacial score (nSPS) is 10.7. The molecule has 0 radical (unpaired) electrons. The highest BCUT2D eigenvalue weighted by Crippen LogP contribution is 2.14. The first kappa shape index (κ1) is 12.0. The highest BCUT2D eigenvalue weighted by Gasteiger charge is 2.10. The van der Waals surface area contributed by atoms with Gasteiger partial charge in [-0.05, 0) is 23.8 Å². The zero-order chi connectivity index (χ0) is 12.3. The molecule has 0 aliphatic rings. The summed E-state index contributed by atoms with van der Waals surface area (Å²) in [6.45, 7) is 0. The summed E-state index contributed by atoms with van der Waals surface area (Å²) in [5.41, 5.74) is -0.147. The van der Waals surface area contributed by atoms with Gasteiger partial charge in [-0.2, -0.15) is 0 Å². The van der Waals surface area contributed by atoms with Gasteiger partial charge in [-0.25, -0.2) is 18.0 Å². The monoisotopic (exact) mass is 230 g/mol. The molecule has 0 bridgehead atoms. The van der Waals surface area contributed by atoms with Crippen molar-refractivity contribution < 1.29 is 27.9 Å². The summed E-state index contributed by atoms with van der Waals surface area (Å²) in [7, 11) is 0. The van der Waals surface area contributed by atoms with E-state index in [-0.39, 0.29) is 5.56 Å². The van der Waals surface area contributed by atoms with Crippen LogP contribution in [0.1, 0.15) is 5.56 Å². The number of hydrogen-bond acceptors (Lipinski definition) is 2. The average Bonchev–Trinajstić information content (AvgIpc) is 2.22. The molecule has 0 spiro atoms. The van der Waals surface area contributed by atoms with Gasteiger partial charge in [0.05, 0.1) is 0 Å². The van der Waals surface area contributed by atoms with Crippen molar-refractivity contribution in [1.29, 1.82) is 0 Å². The van der Waals surface area contributed by atoms with Crippen LogP contribution in [0.25, 0.3) is 6.08 Å². The maximum Gasteiger partial charge on any atom is 0.376 e. The molecule has 0 amide bonds. The van der Waals surface area contributed by atoms with Crippen molar-refractivity contribution in [3.05, 3.63) is 41.2 Å². The van der Waals surface area contributed by atoms with E-state index in [0.29, 0.717) is 18.2 Å². The molecule has 0 aromatic heterocycles. The van der Waals surface area contributed by atoms with Gasteiger partial charge in [-0.3, -0.25) is 4.79 Å². The molecule has 0 saturated carbocycles. The number of aliphatic carboxylic acids is 1.